The average Bonchev–Trinajstić information content (AvgIpc) is 3.30. The monoisotopic (exact) mass is 349 g/mol. The van der Waals surface area contributed by atoms with Crippen molar-refractivity contribution in [1.82, 2.24) is 14.9 Å². The molecule has 6 heteroatoms. The fourth-order valence-corrected chi connectivity index (χ4v) is 3.40. The van der Waals surface area contributed by atoms with Gasteiger partial charge in [-0.25, -0.2) is 4.98 Å². The normalized spacial score (nSPS) is 15.4. The summed E-state index contributed by atoms with van der Waals surface area (Å²) in [5.41, 5.74) is 3.54. The van der Waals surface area contributed by atoms with Gasteiger partial charge in [0.1, 0.15) is 5.82 Å². The minimum Gasteiger partial charge on any atom is -0.454 e. The maximum Gasteiger partial charge on any atom is 0.251 e. The number of nitrogens with one attached hydrogen (secondary N) is 1. The van der Waals surface area contributed by atoms with Gasteiger partial charge in [0.15, 0.2) is 11.5 Å². The van der Waals surface area contributed by atoms with Gasteiger partial charge in [0.25, 0.3) is 5.91 Å². The Bertz CT molecular complexity index is 1020. The summed E-state index contributed by atoms with van der Waals surface area (Å²) in [6.07, 6.45) is 2.42. The van der Waals surface area contributed by atoms with Gasteiger partial charge in [-0.1, -0.05) is 6.07 Å². The zero-order valence-electron chi connectivity index (χ0n) is 14.5. The van der Waals surface area contributed by atoms with Gasteiger partial charge in [-0.05, 0) is 48.7 Å². The second kappa shape index (κ2) is 5.76. The molecule has 0 unspecified atom stereocenters. The number of nitrogens with zero attached hydrogens (tertiary/aromatic N) is 2. The SMILES string of the molecule is Cn1c(C2CC2)nc2cc(C(=O)NCc3ccc4c(c3)OCO4)ccc21. The summed E-state index contributed by atoms with van der Waals surface area (Å²) < 4.78 is 12.8. The number of amides is 1. The third-order valence-electron chi connectivity index (χ3n) is 5.01. The molecule has 1 fully saturated rings. The first-order chi connectivity index (χ1) is 12.7. The Morgan fingerprint density at radius 1 is 1.19 bits per heavy atom. The van der Waals surface area contributed by atoms with Gasteiger partial charge < -0.3 is 19.4 Å². The predicted molar refractivity (Wildman–Crippen MR) is 96.4 cm³/mol. The molecule has 0 radical (unpaired) electrons. The molecule has 0 saturated heterocycles. The van der Waals surface area contributed by atoms with Gasteiger partial charge in [-0.2, -0.15) is 0 Å². The zero-order valence-corrected chi connectivity index (χ0v) is 14.5. The van der Waals surface area contributed by atoms with E-state index in [1.807, 2.05) is 43.4 Å². The number of benzene rings is 2. The standard InChI is InChI=1S/C20H19N3O3/c1-23-16-6-5-14(9-15(16)22-19(23)13-3-4-13)20(24)21-10-12-2-7-17-18(8-12)26-11-25-17/h2,5-9,13H,3-4,10-11H2,1H3,(H,21,24). The molecule has 0 bridgehead atoms. The minimum absolute atomic E-state index is 0.108. The van der Waals surface area contributed by atoms with E-state index in [9.17, 15) is 4.79 Å². The molecule has 5 rings (SSSR count). The molecule has 2 aromatic carbocycles. The Morgan fingerprint density at radius 3 is 2.88 bits per heavy atom. The van der Waals surface area contributed by atoms with Crippen molar-refractivity contribution in [3.8, 4) is 11.5 Å². The lowest BCUT2D eigenvalue weighted by molar-refractivity contribution is 0.0951. The molecular formula is C20H19N3O3. The number of carbonyl (C=O) groups is 1. The predicted octanol–water partition coefficient (Wildman–Crippen LogP) is 3.11. The Labute approximate surface area is 150 Å². The van der Waals surface area contributed by atoms with E-state index in [2.05, 4.69) is 9.88 Å². The lowest BCUT2D eigenvalue weighted by atomic mass is 10.1. The highest BCUT2D eigenvalue weighted by Gasteiger charge is 2.28. The smallest absolute Gasteiger partial charge is 0.251 e. The molecule has 2 heterocycles. The second-order valence-corrected chi connectivity index (χ2v) is 6.88. The van der Waals surface area contributed by atoms with Crippen molar-refractivity contribution in [2.75, 3.05) is 6.79 Å². The molecule has 0 spiro atoms. The molecular weight excluding hydrogens is 330 g/mol. The van der Waals surface area contributed by atoms with Crippen LogP contribution in [0.2, 0.25) is 0 Å². The van der Waals surface area contributed by atoms with E-state index in [1.54, 1.807) is 0 Å². The van der Waals surface area contributed by atoms with Crippen molar-refractivity contribution in [2.45, 2.75) is 25.3 Å². The maximum atomic E-state index is 12.5. The molecule has 1 aliphatic heterocycles. The average molecular weight is 349 g/mol. The quantitative estimate of drug-likeness (QED) is 0.786. The van der Waals surface area contributed by atoms with Crippen molar-refractivity contribution in [2.24, 2.45) is 7.05 Å². The van der Waals surface area contributed by atoms with Crippen molar-refractivity contribution in [1.29, 1.82) is 0 Å². The molecule has 1 aromatic heterocycles. The highest BCUT2D eigenvalue weighted by molar-refractivity contribution is 5.97. The summed E-state index contributed by atoms with van der Waals surface area (Å²) in [4.78, 5) is 17.3. The lowest BCUT2D eigenvalue weighted by Crippen LogP contribution is -2.22. The van der Waals surface area contributed by atoms with Gasteiger partial charge in [-0.15, -0.1) is 0 Å². The molecule has 1 saturated carbocycles. The van der Waals surface area contributed by atoms with Crippen molar-refractivity contribution in [3.05, 3.63) is 53.3 Å². The molecule has 26 heavy (non-hydrogen) atoms. The lowest BCUT2D eigenvalue weighted by Gasteiger charge is -2.07. The number of hydrogen-bond donors (Lipinski definition) is 1. The van der Waals surface area contributed by atoms with E-state index >= 15 is 0 Å². The number of rotatable bonds is 4. The van der Waals surface area contributed by atoms with Crippen LogP contribution >= 0.6 is 0 Å². The topological polar surface area (TPSA) is 65.4 Å². The fourth-order valence-electron chi connectivity index (χ4n) is 3.40. The molecule has 1 N–H and O–H groups in total. The first-order valence-electron chi connectivity index (χ1n) is 8.82. The van der Waals surface area contributed by atoms with Crippen LogP contribution in [-0.4, -0.2) is 22.3 Å². The van der Waals surface area contributed by atoms with Crippen LogP contribution < -0.4 is 14.8 Å². The van der Waals surface area contributed by atoms with Gasteiger partial charge in [0.05, 0.1) is 11.0 Å². The van der Waals surface area contributed by atoms with Crippen LogP contribution in [0.3, 0.4) is 0 Å². The van der Waals surface area contributed by atoms with Crippen LogP contribution in [0.4, 0.5) is 0 Å². The highest BCUT2D eigenvalue weighted by atomic mass is 16.7. The number of carbonyl (C=O) groups excluding carboxylic acids is 1. The minimum atomic E-state index is -0.108. The third kappa shape index (κ3) is 2.58. The van der Waals surface area contributed by atoms with Crippen molar-refractivity contribution < 1.29 is 14.3 Å². The molecule has 3 aromatic rings. The molecule has 6 nitrogen and oxygen atoms in total. The van der Waals surface area contributed by atoms with E-state index in [-0.39, 0.29) is 12.7 Å². The molecule has 1 amide bonds. The van der Waals surface area contributed by atoms with Crippen LogP contribution in [0.25, 0.3) is 11.0 Å². The van der Waals surface area contributed by atoms with Gasteiger partial charge in [0.2, 0.25) is 6.79 Å². The van der Waals surface area contributed by atoms with E-state index in [1.165, 1.54) is 12.8 Å². The highest BCUT2D eigenvalue weighted by Crippen LogP contribution is 2.40. The van der Waals surface area contributed by atoms with Gasteiger partial charge >= 0.3 is 0 Å². The zero-order chi connectivity index (χ0) is 17.7. The Balaban J connectivity index is 1.33. The van der Waals surface area contributed by atoms with Crippen molar-refractivity contribution in [3.63, 3.8) is 0 Å². The van der Waals surface area contributed by atoms with Crippen LogP contribution in [0, 0.1) is 0 Å². The van der Waals surface area contributed by atoms with E-state index in [4.69, 9.17) is 14.5 Å². The van der Waals surface area contributed by atoms with Crippen molar-refractivity contribution >= 4 is 16.9 Å². The number of aromatic nitrogens is 2. The largest absolute Gasteiger partial charge is 0.454 e. The number of hydrogen-bond acceptors (Lipinski definition) is 4. The Hall–Kier alpha value is -3.02. The molecule has 132 valence electrons. The van der Waals surface area contributed by atoms with Crippen LogP contribution in [0.1, 0.15) is 40.5 Å². The fraction of sp³-hybridized carbons (Fsp3) is 0.300. The first kappa shape index (κ1) is 15.3. The summed E-state index contributed by atoms with van der Waals surface area (Å²) in [5.74, 6) is 3.06. The number of imidazole rings is 1. The number of fused-ring (bicyclic) bond motifs is 2. The van der Waals surface area contributed by atoms with Gasteiger partial charge in [-0.3, -0.25) is 4.79 Å². The molecule has 2 aliphatic rings. The molecule has 0 atom stereocenters. The number of aryl methyl sites for hydroxylation is 1. The summed E-state index contributed by atoms with van der Waals surface area (Å²) in [6.45, 7) is 0.682. The summed E-state index contributed by atoms with van der Waals surface area (Å²) in [7, 11) is 2.04. The van der Waals surface area contributed by atoms with Crippen LogP contribution in [0.15, 0.2) is 36.4 Å². The number of ether oxygens (including phenoxy) is 2. The second-order valence-electron chi connectivity index (χ2n) is 6.88. The summed E-state index contributed by atoms with van der Waals surface area (Å²) >= 11 is 0. The van der Waals surface area contributed by atoms with Crippen LogP contribution in [0.5, 0.6) is 11.5 Å². The maximum absolute atomic E-state index is 12.5. The molecule has 1 aliphatic carbocycles. The van der Waals surface area contributed by atoms with E-state index in [0.717, 1.165) is 33.9 Å². The van der Waals surface area contributed by atoms with Gasteiger partial charge in [0, 0.05) is 25.1 Å². The van der Waals surface area contributed by atoms with E-state index < -0.39 is 0 Å². The summed E-state index contributed by atoms with van der Waals surface area (Å²) in [6, 6.07) is 11.4. The van der Waals surface area contributed by atoms with E-state index in [0.29, 0.717) is 18.0 Å². The summed E-state index contributed by atoms with van der Waals surface area (Å²) in [5, 5.41) is 2.96. The first-order valence-corrected chi connectivity index (χ1v) is 8.82. The Morgan fingerprint density at radius 2 is 2.04 bits per heavy atom. The third-order valence-corrected chi connectivity index (χ3v) is 5.01. The van der Waals surface area contributed by atoms with Crippen LogP contribution in [-0.2, 0) is 13.6 Å². The Kier molecular flexibility index (Phi) is 3.38.